The molecular formula is C26H20F6N2OS. The predicted octanol–water partition coefficient (Wildman–Crippen LogP) is 7.76. The van der Waals surface area contributed by atoms with E-state index in [1.54, 1.807) is 24.3 Å². The van der Waals surface area contributed by atoms with E-state index in [1.807, 2.05) is 0 Å². The van der Waals surface area contributed by atoms with E-state index in [1.165, 1.54) is 57.0 Å². The van der Waals surface area contributed by atoms with Crippen molar-refractivity contribution in [2.24, 2.45) is 7.05 Å². The highest BCUT2D eigenvalue weighted by atomic mass is 32.1. The van der Waals surface area contributed by atoms with Gasteiger partial charge in [-0.1, -0.05) is 0 Å². The molecule has 3 heterocycles. The lowest BCUT2D eigenvalue weighted by Gasteiger charge is -2.25. The number of allylic oxidation sites excluding steroid dienone is 2. The zero-order valence-corrected chi connectivity index (χ0v) is 20.4. The van der Waals surface area contributed by atoms with Gasteiger partial charge in [-0.05, 0) is 67.4 Å². The van der Waals surface area contributed by atoms with E-state index in [9.17, 15) is 8.78 Å². The highest BCUT2D eigenvalue weighted by molar-refractivity contribution is 7.15. The fourth-order valence-electron chi connectivity index (χ4n) is 4.74. The summed E-state index contributed by atoms with van der Waals surface area (Å²) in [5, 5.41) is 0.0986. The quantitative estimate of drug-likeness (QED) is 0.256. The van der Waals surface area contributed by atoms with Gasteiger partial charge in [0.1, 0.15) is 11.4 Å². The monoisotopic (exact) mass is 522 g/mol. The lowest BCUT2D eigenvalue weighted by Crippen LogP contribution is -2.48. The minimum absolute atomic E-state index is 0.0986. The molecule has 0 radical (unpaired) electrons. The van der Waals surface area contributed by atoms with E-state index in [4.69, 9.17) is 4.74 Å². The molecule has 0 saturated carbocycles. The van der Waals surface area contributed by atoms with E-state index >= 15 is 17.6 Å². The van der Waals surface area contributed by atoms with E-state index in [-0.39, 0.29) is 32.7 Å². The molecule has 3 aromatic heterocycles. The van der Waals surface area contributed by atoms with Crippen LogP contribution in [0.5, 0.6) is 5.75 Å². The Balaban J connectivity index is 1.84. The average molecular weight is 523 g/mol. The molecule has 4 aromatic rings. The molecule has 0 N–H and O–H groups in total. The number of ether oxygens (including phenoxy) is 1. The second kappa shape index (κ2) is 7.86. The summed E-state index contributed by atoms with van der Waals surface area (Å²) in [6.07, 6.45) is 1.42. The van der Waals surface area contributed by atoms with Crippen molar-refractivity contribution in [3.05, 3.63) is 70.4 Å². The van der Waals surface area contributed by atoms with Crippen LogP contribution in [-0.4, -0.2) is 34.4 Å². The van der Waals surface area contributed by atoms with Crippen molar-refractivity contribution in [2.75, 3.05) is 7.11 Å². The number of hydrogen-bond donors (Lipinski definition) is 0. The van der Waals surface area contributed by atoms with Gasteiger partial charge in [0.05, 0.1) is 7.11 Å². The smallest absolute Gasteiger partial charge is 0.380 e. The minimum atomic E-state index is -5.63. The van der Waals surface area contributed by atoms with Crippen LogP contribution < -0.4 is 4.74 Å². The van der Waals surface area contributed by atoms with Gasteiger partial charge in [0.15, 0.2) is 0 Å². The summed E-state index contributed by atoms with van der Waals surface area (Å²) < 4.78 is 98.0. The molecule has 5 rings (SSSR count). The summed E-state index contributed by atoms with van der Waals surface area (Å²) in [6, 6.07) is 10.8. The lowest BCUT2D eigenvalue weighted by molar-refractivity contribution is -0.254. The third kappa shape index (κ3) is 3.09. The second-order valence-corrected chi connectivity index (χ2v) is 9.93. The maximum absolute atomic E-state index is 15.4. The maximum atomic E-state index is 15.4. The van der Waals surface area contributed by atoms with E-state index in [0.29, 0.717) is 16.2 Å². The van der Waals surface area contributed by atoms with Crippen molar-refractivity contribution < 1.29 is 31.1 Å². The molecule has 1 aliphatic carbocycles. The fourth-order valence-corrected chi connectivity index (χ4v) is 5.77. The van der Waals surface area contributed by atoms with Gasteiger partial charge in [0.25, 0.3) is 0 Å². The Morgan fingerprint density at radius 3 is 2.19 bits per heavy atom. The Morgan fingerprint density at radius 1 is 0.917 bits per heavy atom. The number of aryl methyl sites for hydroxylation is 2. The molecule has 0 unspecified atom stereocenters. The fraction of sp³-hybridized carbons (Fsp3) is 0.269. The topological polar surface area (TPSA) is 27.1 Å². The number of methoxy groups -OCH3 is 1. The van der Waals surface area contributed by atoms with Crippen LogP contribution in [0, 0.1) is 13.8 Å². The van der Waals surface area contributed by atoms with Crippen LogP contribution in [0.2, 0.25) is 0 Å². The van der Waals surface area contributed by atoms with Gasteiger partial charge in [-0.2, -0.15) is 26.3 Å². The van der Waals surface area contributed by atoms with Crippen molar-refractivity contribution in [1.29, 1.82) is 0 Å². The molecule has 1 aliphatic rings. The number of rotatable bonds is 4. The third-order valence-electron chi connectivity index (χ3n) is 6.72. The number of nitrogens with zero attached hydrogens (tertiary/aromatic N) is 2. The number of halogens is 6. The maximum Gasteiger partial charge on any atom is 0.380 e. The molecular weight excluding hydrogens is 502 g/mol. The van der Waals surface area contributed by atoms with Crippen LogP contribution >= 0.6 is 11.3 Å². The molecule has 188 valence electrons. The van der Waals surface area contributed by atoms with Crippen LogP contribution in [0.1, 0.15) is 21.7 Å². The molecule has 3 nitrogen and oxygen atoms in total. The number of hydrogen-bond acceptors (Lipinski definition) is 3. The highest BCUT2D eigenvalue weighted by Gasteiger charge is 2.80. The van der Waals surface area contributed by atoms with Gasteiger partial charge in [-0.3, -0.25) is 0 Å². The van der Waals surface area contributed by atoms with Gasteiger partial charge in [-0.15, -0.1) is 11.3 Å². The summed E-state index contributed by atoms with van der Waals surface area (Å²) in [5.74, 6) is -15.3. The van der Waals surface area contributed by atoms with Gasteiger partial charge >= 0.3 is 17.8 Å². The first-order valence-corrected chi connectivity index (χ1v) is 11.7. The molecule has 0 atom stereocenters. The van der Waals surface area contributed by atoms with Gasteiger partial charge in [-0.25, -0.2) is 4.98 Å². The van der Waals surface area contributed by atoms with E-state index in [2.05, 4.69) is 4.98 Å². The molecule has 10 heteroatoms. The van der Waals surface area contributed by atoms with Crippen LogP contribution in [0.15, 0.2) is 48.7 Å². The van der Waals surface area contributed by atoms with Crippen LogP contribution in [0.3, 0.4) is 0 Å². The third-order valence-corrected chi connectivity index (χ3v) is 7.82. The standard InChI is InChI=1S/C26H20F6N2OS/c1-13-20(17-6-5-11-33-23(17)34(13)3)22-21(24(27,28)26(31,32)25(22,29)30)18-12-19(36-14(18)2)15-7-9-16(35-4)10-8-15/h5-12H,1-4H3. The first-order chi connectivity index (χ1) is 16.8. The minimum Gasteiger partial charge on any atom is -0.497 e. The van der Waals surface area contributed by atoms with Crippen molar-refractivity contribution in [2.45, 2.75) is 31.6 Å². The number of pyridine rings is 1. The van der Waals surface area contributed by atoms with Crippen LogP contribution in [-0.2, 0) is 7.05 Å². The largest absolute Gasteiger partial charge is 0.497 e. The number of fused-ring (bicyclic) bond motifs is 1. The van der Waals surface area contributed by atoms with Crippen LogP contribution in [0.4, 0.5) is 26.3 Å². The average Bonchev–Trinajstić information content (AvgIpc) is 3.37. The number of aromatic nitrogens is 2. The molecule has 1 aromatic carbocycles. The number of thiophene rings is 1. The Labute approximate surface area is 206 Å². The zero-order valence-electron chi connectivity index (χ0n) is 19.6. The zero-order chi connectivity index (χ0) is 26.2. The normalized spacial score (nSPS) is 18.3. The molecule has 0 aliphatic heterocycles. The Morgan fingerprint density at radius 2 is 1.56 bits per heavy atom. The molecule has 0 bridgehead atoms. The van der Waals surface area contributed by atoms with Crippen molar-refractivity contribution in [3.8, 4) is 16.2 Å². The predicted molar refractivity (Wildman–Crippen MR) is 128 cm³/mol. The Kier molecular flexibility index (Phi) is 5.34. The molecule has 36 heavy (non-hydrogen) atoms. The second-order valence-electron chi connectivity index (χ2n) is 8.68. The molecule has 0 saturated heterocycles. The summed E-state index contributed by atoms with van der Waals surface area (Å²) in [5.41, 5.74) is -2.43. The summed E-state index contributed by atoms with van der Waals surface area (Å²) in [6.45, 7) is 2.88. The number of alkyl halides is 6. The van der Waals surface area contributed by atoms with Gasteiger partial charge in [0, 0.05) is 50.8 Å². The summed E-state index contributed by atoms with van der Waals surface area (Å²) >= 11 is 1.06. The molecule has 0 fully saturated rings. The van der Waals surface area contributed by atoms with E-state index in [0.717, 1.165) is 11.3 Å². The lowest BCUT2D eigenvalue weighted by atomic mass is 9.93. The first kappa shape index (κ1) is 24.4. The van der Waals surface area contributed by atoms with E-state index < -0.39 is 28.9 Å². The molecule has 0 spiro atoms. The van der Waals surface area contributed by atoms with Gasteiger partial charge < -0.3 is 9.30 Å². The summed E-state index contributed by atoms with van der Waals surface area (Å²) in [7, 11) is 3.01. The molecule has 0 amide bonds. The summed E-state index contributed by atoms with van der Waals surface area (Å²) in [4.78, 5) is 4.83. The highest BCUT2D eigenvalue weighted by Crippen LogP contribution is 2.66. The SMILES string of the molecule is COc1ccc(-c2cc(C3=C(c4c(C)n(C)c5ncccc45)C(F)(F)C(F)(F)C3(F)F)c(C)s2)cc1. The van der Waals surface area contributed by atoms with Crippen molar-refractivity contribution >= 4 is 33.5 Å². The first-order valence-electron chi connectivity index (χ1n) is 10.9. The van der Waals surface area contributed by atoms with Crippen molar-refractivity contribution in [1.82, 2.24) is 9.55 Å². The Hall–Kier alpha value is -3.27. The van der Waals surface area contributed by atoms with Gasteiger partial charge in [0.2, 0.25) is 0 Å². The van der Waals surface area contributed by atoms with Crippen LogP contribution in [0.25, 0.3) is 32.6 Å². The van der Waals surface area contributed by atoms with Crippen molar-refractivity contribution in [3.63, 3.8) is 0 Å². The number of benzene rings is 1. The Bertz CT molecular complexity index is 1530.